The predicted molar refractivity (Wildman–Crippen MR) is 66.3 cm³/mol. The maximum Gasteiger partial charge on any atom is 0.0474 e. The van der Waals surface area contributed by atoms with Crippen molar-refractivity contribution in [3.63, 3.8) is 0 Å². The van der Waals surface area contributed by atoms with Gasteiger partial charge < -0.3 is 10.4 Å². The van der Waals surface area contributed by atoms with E-state index in [2.05, 4.69) is 24.0 Å². The molecular weight excluding hydrogens is 206 g/mol. The maximum atomic E-state index is 9.29. The van der Waals surface area contributed by atoms with E-state index < -0.39 is 0 Å². The van der Waals surface area contributed by atoms with Gasteiger partial charge >= 0.3 is 0 Å². The van der Waals surface area contributed by atoms with Gasteiger partial charge in [-0.1, -0.05) is 13.3 Å². The molecule has 0 spiro atoms. The van der Waals surface area contributed by atoms with Crippen molar-refractivity contribution in [3.8, 4) is 0 Å². The second-order valence-corrected chi connectivity index (χ2v) is 6.46. The summed E-state index contributed by atoms with van der Waals surface area (Å²) in [5, 5.41) is 13.8. The third-order valence-corrected chi connectivity index (χ3v) is 5.31. The zero-order valence-electron chi connectivity index (χ0n) is 9.61. The third-order valence-electron chi connectivity index (χ3n) is 3.93. The molecule has 2 rings (SSSR count). The molecule has 1 saturated carbocycles. The van der Waals surface area contributed by atoms with E-state index in [1.165, 1.54) is 37.9 Å². The molecule has 2 aliphatic rings. The lowest BCUT2D eigenvalue weighted by Gasteiger charge is -2.33. The van der Waals surface area contributed by atoms with Crippen LogP contribution < -0.4 is 5.32 Å². The number of hydrogen-bond acceptors (Lipinski definition) is 3. The Kier molecular flexibility index (Phi) is 4.35. The van der Waals surface area contributed by atoms with Crippen molar-refractivity contribution < 1.29 is 5.11 Å². The average Bonchev–Trinajstić information content (AvgIpc) is 2.69. The molecule has 0 amide bonds. The van der Waals surface area contributed by atoms with Crippen LogP contribution in [0.3, 0.4) is 0 Å². The summed E-state index contributed by atoms with van der Waals surface area (Å²) >= 11 is 2.09. The number of aliphatic hydroxyl groups is 1. The van der Waals surface area contributed by atoms with Gasteiger partial charge in [0.2, 0.25) is 0 Å². The Bertz CT molecular complexity index is 200. The monoisotopic (exact) mass is 229 g/mol. The Morgan fingerprint density at radius 3 is 2.73 bits per heavy atom. The number of hydrogen-bond donors (Lipinski definition) is 2. The minimum absolute atomic E-state index is 0.367. The van der Waals surface area contributed by atoms with Crippen molar-refractivity contribution in [2.75, 3.05) is 12.4 Å². The fraction of sp³-hybridized carbons (Fsp3) is 1.00. The van der Waals surface area contributed by atoms with Crippen LogP contribution in [0.5, 0.6) is 0 Å². The molecule has 0 bridgehead atoms. The Balaban J connectivity index is 1.84. The molecule has 4 unspecified atom stereocenters. The number of thioether (sulfide) groups is 1. The molecule has 2 nitrogen and oxygen atoms in total. The van der Waals surface area contributed by atoms with Gasteiger partial charge in [0.25, 0.3) is 0 Å². The Morgan fingerprint density at radius 2 is 2.00 bits per heavy atom. The lowest BCUT2D eigenvalue weighted by Crippen LogP contribution is -2.47. The SMILES string of the molecule is CC1SCCCC1NC1CCCC1CO. The summed E-state index contributed by atoms with van der Waals surface area (Å²) in [6.45, 7) is 2.70. The van der Waals surface area contributed by atoms with Crippen LogP contribution in [0.15, 0.2) is 0 Å². The molecule has 2 N–H and O–H groups in total. The van der Waals surface area contributed by atoms with Crippen molar-refractivity contribution in [3.05, 3.63) is 0 Å². The topological polar surface area (TPSA) is 32.3 Å². The molecule has 15 heavy (non-hydrogen) atoms. The van der Waals surface area contributed by atoms with Crippen LogP contribution in [0.4, 0.5) is 0 Å². The fourth-order valence-electron chi connectivity index (χ4n) is 2.89. The van der Waals surface area contributed by atoms with E-state index in [9.17, 15) is 5.11 Å². The van der Waals surface area contributed by atoms with Crippen LogP contribution >= 0.6 is 11.8 Å². The van der Waals surface area contributed by atoms with Crippen molar-refractivity contribution in [1.29, 1.82) is 0 Å². The number of aliphatic hydroxyl groups excluding tert-OH is 1. The van der Waals surface area contributed by atoms with Crippen LogP contribution in [0, 0.1) is 5.92 Å². The summed E-state index contributed by atoms with van der Waals surface area (Å²) in [6, 6.07) is 1.27. The summed E-state index contributed by atoms with van der Waals surface area (Å²) in [4.78, 5) is 0. The lowest BCUT2D eigenvalue weighted by atomic mass is 10.0. The van der Waals surface area contributed by atoms with Gasteiger partial charge in [-0.15, -0.1) is 0 Å². The maximum absolute atomic E-state index is 9.29. The minimum Gasteiger partial charge on any atom is -0.396 e. The van der Waals surface area contributed by atoms with Gasteiger partial charge in [0, 0.05) is 23.9 Å². The van der Waals surface area contributed by atoms with E-state index in [4.69, 9.17) is 0 Å². The summed E-state index contributed by atoms with van der Waals surface area (Å²) < 4.78 is 0. The molecule has 4 atom stereocenters. The highest BCUT2D eigenvalue weighted by Gasteiger charge is 2.31. The van der Waals surface area contributed by atoms with E-state index in [1.807, 2.05) is 0 Å². The number of rotatable bonds is 3. The quantitative estimate of drug-likeness (QED) is 0.776. The zero-order chi connectivity index (χ0) is 10.7. The third kappa shape index (κ3) is 2.89. The zero-order valence-corrected chi connectivity index (χ0v) is 10.4. The molecule has 2 fully saturated rings. The first-order valence-corrected chi connectivity index (χ1v) is 7.34. The van der Waals surface area contributed by atoms with E-state index in [0.29, 0.717) is 24.6 Å². The standard InChI is InChI=1S/C12H23NOS/c1-9-11(6-3-7-15-9)13-12-5-2-4-10(12)8-14/h9-14H,2-8H2,1H3. The normalized spacial score (nSPS) is 42.0. The highest BCUT2D eigenvalue weighted by Crippen LogP contribution is 2.30. The summed E-state index contributed by atoms with van der Waals surface area (Å²) in [5.74, 6) is 1.84. The van der Waals surface area contributed by atoms with Crippen LogP contribution in [-0.4, -0.2) is 34.8 Å². The van der Waals surface area contributed by atoms with E-state index in [1.54, 1.807) is 0 Å². The van der Waals surface area contributed by atoms with Gasteiger partial charge in [0.15, 0.2) is 0 Å². The molecule has 1 aliphatic heterocycles. The first-order chi connectivity index (χ1) is 7.31. The summed E-state index contributed by atoms with van der Waals surface area (Å²) in [7, 11) is 0. The van der Waals surface area contributed by atoms with Crippen molar-refractivity contribution >= 4 is 11.8 Å². The van der Waals surface area contributed by atoms with E-state index in [0.717, 1.165) is 5.25 Å². The van der Waals surface area contributed by atoms with Crippen LogP contribution in [-0.2, 0) is 0 Å². The van der Waals surface area contributed by atoms with Crippen molar-refractivity contribution in [2.24, 2.45) is 5.92 Å². The average molecular weight is 229 g/mol. The van der Waals surface area contributed by atoms with Crippen LogP contribution in [0.1, 0.15) is 39.0 Å². The van der Waals surface area contributed by atoms with Crippen LogP contribution in [0.2, 0.25) is 0 Å². The smallest absolute Gasteiger partial charge is 0.0474 e. The predicted octanol–water partition coefficient (Wildman–Crippen LogP) is 2.02. The molecule has 0 aromatic heterocycles. The van der Waals surface area contributed by atoms with Crippen molar-refractivity contribution in [2.45, 2.75) is 56.4 Å². The molecule has 3 heteroatoms. The molecule has 88 valence electrons. The highest BCUT2D eigenvalue weighted by atomic mass is 32.2. The van der Waals surface area contributed by atoms with Gasteiger partial charge in [-0.05, 0) is 37.4 Å². The van der Waals surface area contributed by atoms with Gasteiger partial charge in [0.1, 0.15) is 0 Å². The van der Waals surface area contributed by atoms with Gasteiger partial charge in [-0.2, -0.15) is 11.8 Å². The largest absolute Gasteiger partial charge is 0.396 e. The van der Waals surface area contributed by atoms with Gasteiger partial charge in [0.05, 0.1) is 0 Å². The van der Waals surface area contributed by atoms with Crippen LogP contribution in [0.25, 0.3) is 0 Å². The molecule has 0 aromatic carbocycles. The fourth-order valence-corrected chi connectivity index (χ4v) is 4.04. The molecule has 0 aromatic rings. The molecule has 1 heterocycles. The number of nitrogens with one attached hydrogen (secondary N) is 1. The molecular formula is C12H23NOS. The minimum atomic E-state index is 0.367. The first kappa shape index (κ1) is 11.7. The van der Waals surface area contributed by atoms with E-state index in [-0.39, 0.29) is 0 Å². The molecule has 0 radical (unpaired) electrons. The summed E-state index contributed by atoms with van der Waals surface area (Å²) in [6.07, 6.45) is 6.44. The van der Waals surface area contributed by atoms with E-state index >= 15 is 0 Å². The Morgan fingerprint density at radius 1 is 1.20 bits per heavy atom. The first-order valence-electron chi connectivity index (χ1n) is 6.29. The van der Waals surface area contributed by atoms with Gasteiger partial charge in [-0.3, -0.25) is 0 Å². The second kappa shape index (κ2) is 5.55. The Hall–Kier alpha value is 0.270. The lowest BCUT2D eigenvalue weighted by molar-refractivity contribution is 0.197. The van der Waals surface area contributed by atoms with Gasteiger partial charge in [-0.25, -0.2) is 0 Å². The molecule has 1 saturated heterocycles. The van der Waals surface area contributed by atoms with Crippen molar-refractivity contribution in [1.82, 2.24) is 5.32 Å². The highest BCUT2D eigenvalue weighted by molar-refractivity contribution is 7.99. The Labute approximate surface area is 97.2 Å². The summed E-state index contributed by atoms with van der Waals surface area (Å²) in [5.41, 5.74) is 0. The molecule has 1 aliphatic carbocycles. The second-order valence-electron chi connectivity index (χ2n) is 4.97.